The van der Waals surface area contributed by atoms with Gasteiger partial charge in [-0.2, -0.15) is 0 Å². The third-order valence-corrected chi connectivity index (χ3v) is 2.97. The Bertz CT molecular complexity index is 508. The Labute approximate surface area is 105 Å². The Kier molecular flexibility index (Phi) is 3.69. The van der Waals surface area contributed by atoms with Gasteiger partial charge in [0.15, 0.2) is 0 Å². The van der Waals surface area contributed by atoms with E-state index in [-0.39, 0.29) is 5.82 Å². The van der Waals surface area contributed by atoms with Crippen LogP contribution in [0.15, 0.2) is 36.5 Å². The van der Waals surface area contributed by atoms with Gasteiger partial charge in [0.05, 0.1) is 17.3 Å². The monoisotopic (exact) mass is 252 g/mol. The minimum atomic E-state index is -0.322. The van der Waals surface area contributed by atoms with Crippen LogP contribution >= 0.6 is 11.6 Å². The van der Waals surface area contributed by atoms with Gasteiger partial charge in [-0.15, -0.1) is 0 Å². The minimum absolute atomic E-state index is 0.322. The van der Waals surface area contributed by atoms with E-state index in [1.807, 2.05) is 18.3 Å². The molecular weight excluding hydrogens is 239 g/mol. The van der Waals surface area contributed by atoms with Gasteiger partial charge in [0.1, 0.15) is 5.82 Å². The van der Waals surface area contributed by atoms with Gasteiger partial charge in [0, 0.05) is 18.4 Å². The molecular formula is C13H14ClFN2. The maximum absolute atomic E-state index is 12.9. The van der Waals surface area contributed by atoms with Crippen molar-refractivity contribution in [1.29, 1.82) is 0 Å². The van der Waals surface area contributed by atoms with E-state index in [0.29, 0.717) is 11.6 Å². The second kappa shape index (κ2) is 5.23. The molecule has 0 radical (unpaired) electrons. The summed E-state index contributed by atoms with van der Waals surface area (Å²) in [4.78, 5) is 0. The lowest BCUT2D eigenvalue weighted by Gasteiger charge is -2.10. The molecule has 1 heterocycles. The molecule has 1 N–H and O–H groups in total. The fourth-order valence-corrected chi connectivity index (χ4v) is 1.97. The summed E-state index contributed by atoms with van der Waals surface area (Å²) in [5, 5.41) is 3.60. The molecule has 0 aliphatic rings. The van der Waals surface area contributed by atoms with E-state index in [1.54, 1.807) is 6.07 Å². The topological polar surface area (TPSA) is 17.0 Å². The molecule has 1 aromatic heterocycles. The van der Waals surface area contributed by atoms with Crippen LogP contribution in [0, 0.1) is 5.82 Å². The predicted molar refractivity (Wildman–Crippen MR) is 68.8 cm³/mol. The largest absolute Gasteiger partial charge is 0.378 e. The standard InChI is InChI=1S/C13H14ClFN2/c1-2-17-7-3-4-11(17)9-16-13-6-5-10(15)8-12(13)14/h3-8,16H,2,9H2,1H3. The van der Waals surface area contributed by atoms with Crippen molar-refractivity contribution >= 4 is 17.3 Å². The molecule has 0 saturated carbocycles. The molecule has 1 aromatic carbocycles. The minimum Gasteiger partial charge on any atom is -0.378 e. The van der Waals surface area contributed by atoms with E-state index in [4.69, 9.17) is 11.6 Å². The number of nitrogens with one attached hydrogen (secondary N) is 1. The van der Waals surface area contributed by atoms with Gasteiger partial charge < -0.3 is 9.88 Å². The molecule has 0 fully saturated rings. The highest BCUT2D eigenvalue weighted by molar-refractivity contribution is 6.33. The summed E-state index contributed by atoms with van der Waals surface area (Å²) in [6.07, 6.45) is 2.03. The lowest BCUT2D eigenvalue weighted by Crippen LogP contribution is -2.06. The Morgan fingerprint density at radius 2 is 2.18 bits per heavy atom. The van der Waals surface area contributed by atoms with Crippen molar-refractivity contribution in [2.75, 3.05) is 5.32 Å². The molecule has 2 nitrogen and oxygen atoms in total. The number of anilines is 1. The Hall–Kier alpha value is -1.48. The summed E-state index contributed by atoms with van der Waals surface area (Å²) in [5.74, 6) is -0.322. The lowest BCUT2D eigenvalue weighted by atomic mass is 10.3. The summed E-state index contributed by atoms with van der Waals surface area (Å²) in [5.41, 5.74) is 1.92. The number of hydrogen-bond acceptors (Lipinski definition) is 1. The van der Waals surface area contributed by atoms with Gasteiger partial charge in [-0.05, 0) is 37.3 Å². The first kappa shape index (κ1) is 12.0. The highest BCUT2D eigenvalue weighted by Crippen LogP contribution is 2.22. The molecule has 0 aliphatic carbocycles. The van der Waals surface area contributed by atoms with Crippen LogP contribution in [0.1, 0.15) is 12.6 Å². The second-order valence-electron chi connectivity index (χ2n) is 3.76. The van der Waals surface area contributed by atoms with E-state index in [0.717, 1.165) is 12.2 Å². The number of halogens is 2. The SMILES string of the molecule is CCn1cccc1CNc1ccc(F)cc1Cl. The summed E-state index contributed by atoms with van der Waals surface area (Å²) < 4.78 is 15.0. The third-order valence-electron chi connectivity index (χ3n) is 2.66. The lowest BCUT2D eigenvalue weighted by molar-refractivity contribution is 0.628. The second-order valence-corrected chi connectivity index (χ2v) is 4.17. The van der Waals surface area contributed by atoms with Crippen LogP contribution < -0.4 is 5.32 Å². The quantitative estimate of drug-likeness (QED) is 0.873. The van der Waals surface area contributed by atoms with Crippen molar-refractivity contribution < 1.29 is 4.39 Å². The number of aromatic nitrogens is 1. The molecule has 2 rings (SSSR count). The molecule has 0 unspecified atom stereocenters. The number of rotatable bonds is 4. The fourth-order valence-electron chi connectivity index (χ4n) is 1.74. The maximum atomic E-state index is 12.9. The van der Waals surface area contributed by atoms with Gasteiger partial charge >= 0.3 is 0 Å². The highest BCUT2D eigenvalue weighted by atomic mass is 35.5. The zero-order chi connectivity index (χ0) is 12.3. The Balaban J connectivity index is 2.07. The van der Waals surface area contributed by atoms with Crippen molar-refractivity contribution in [2.24, 2.45) is 0 Å². The van der Waals surface area contributed by atoms with E-state index < -0.39 is 0 Å². The van der Waals surface area contributed by atoms with Crippen LogP contribution in [0.4, 0.5) is 10.1 Å². The Morgan fingerprint density at radius 3 is 2.88 bits per heavy atom. The van der Waals surface area contributed by atoms with Crippen molar-refractivity contribution in [3.8, 4) is 0 Å². The third kappa shape index (κ3) is 2.80. The van der Waals surface area contributed by atoms with Crippen LogP contribution in [0.3, 0.4) is 0 Å². The normalized spacial score (nSPS) is 10.5. The van der Waals surface area contributed by atoms with E-state index >= 15 is 0 Å². The smallest absolute Gasteiger partial charge is 0.124 e. The van der Waals surface area contributed by atoms with E-state index in [1.165, 1.54) is 17.8 Å². The molecule has 17 heavy (non-hydrogen) atoms. The first-order chi connectivity index (χ1) is 8.20. The predicted octanol–water partition coefficient (Wildman–Crippen LogP) is 3.91. The average molecular weight is 253 g/mol. The van der Waals surface area contributed by atoms with Crippen molar-refractivity contribution in [1.82, 2.24) is 4.57 Å². The first-order valence-corrected chi connectivity index (χ1v) is 5.91. The van der Waals surface area contributed by atoms with Crippen LogP contribution in [-0.2, 0) is 13.1 Å². The van der Waals surface area contributed by atoms with Crippen LogP contribution in [0.5, 0.6) is 0 Å². The molecule has 2 aromatic rings. The van der Waals surface area contributed by atoms with Gasteiger partial charge in [-0.1, -0.05) is 11.6 Å². The molecule has 0 aliphatic heterocycles. The Morgan fingerprint density at radius 1 is 1.35 bits per heavy atom. The van der Waals surface area contributed by atoms with Gasteiger partial charge in [-0.3, -0.25) is 0 Å². The summed E-state index contributed by atoms with van der Waals surface area (Å²) in [6, 6.07) is 8.41. The average Bonchev–Trinajstić information content (AvgIpc) is 2.75. The van der Waals surface area contributed by atoms with Crippen molar-refractivity contribution in [3.63, 3.8) is 0 Å². The van der Waals surface area contributed by atoms with Crippen molar-refractivity contribution in [2.45, 2.75) is 20.0 Å². The molecule has 4 heteroatoms. The number of nitrogens with zero attached hydrogens (tertiary/aromatic N) is 1. The van der Waals surface area contributed by atoms with Crippen LogP contribution in [-0.4, -0.2) is 4.57 Å². The first-order valence-electron chi connectivity index (χ1n) is 5.53. The summed E-state index contributed by atoms with van der Waals surface area (Å²) >= 11 is 5.93. The molecule has 0 bridgehead atoms. The number of hydrogen-bond donors (Lipinski definition) is 1. The molecule has 90 valence electrons. The zero-order valence-electron chi connectivity index (χ0n) is 9.58. The van der Waals surface area contributed by atoms with Crippen LogP contribution in [0.2, 0.25) is 5.02 Å². The van der Waals surface area contributed by atoms with Gasteiger partial charge in [0.25, 0.3) is 0 Å². The van der Waals surface area contributed by atoms with E-state index in [9.17, 15) is 4.39 Å². The maximum Gasteiger partial charge on any atom is 0.124 e. The molecule has 0 spiro atoms. The molecule has 0 atom stereocenters. The van der Waals surface area contributed by atoms with Crippen LogP contribution in [0.25, 0.3) is 0 Å². The molecule has 0 amide bonds. The summed E-state index contributed by atoms with van der Waals surface area (Å²) in [6.45, 7) is 3.70. The van der Waals surface area contributed by atoms with E-state index in [2.05, 4.69) is 16.8 Å². The highest BCUT2D eigenvalue weighted by Gasteiger charge is 2.03. The number of benzene rings is 1. The fraction of sp³-hybridized carbons (Fsp3) is 0.231. The number of aryl methyl sites for hydroxylation is 1. The zero-order valence-corrected chi connectivity index (χ0v) is 10.3. The van der Waals surface area contributed by atoms with Gasteiger partial charge in [-0.25, -0.2) is 4.39 Å². The molecule has 0 saturated heterocycles. The van der Waals surface area contributed by atoms with Crippen molar-refractivity contribution in [3.05, 3.63) is 53.1 Å². The summed E-state index contributed by atoms with van der Waals surface area (Å²) in [7, 11) is 0. The van der Waals surface area contributed by atoms with Gasteiger partial charge in [0.2, 0.25) is 0 Å².